The van der Waals surface area contributed by atoms with Crippen LogP contribution in [-0.2, 0) is 11.3 Å². The molecule has 0 aliphatic carbocycles. The molecule has 4 nitrogen and oxygen atoms in total. The van der Waals surface area contributed by atoms with Crippen molar-refractivity contribution in [2.24, 2.45) is 0 Å². The lowest BCUT2D eigenvalue weighted by Gasteiger charge is -2.15. The van der Waals surface area contributed by atoms with Gasteiger partial charge in [0.25, 0.3) is 5.91 Å². The third-order valence-corrected chi connectivity index (χ3v) is 3.21. The van der Waals surface area contributed by atoms with Gasteiger partial charge >= 0.3 is 0 Å². The SMILES string of the molecule is CCC[C@H](C)NC(=O)c1ccc(OC)c(COC(C)C)c1. The zero-order chi connectivity index (χ0) is 15.8. The fourth-order valence-corrected chi connectivity index (χ4v) is 2.10. The van der Waals surface area contributed by atoms with Crippen molar-refractivity contribution in [3.05, 3.63) is 29.3 Å². The predicted molar refractivity (Wildman–Crippen MR) is 84.8 cm³/mol. The van der Waals surface area contributed by atoms with E-state index in [2.05, 4.69) is 12.2 Å². The van der Waals surface area contributed by atoms with Gasteiger partial charge in [-0.3, -0.25) is 4.79 Å². The zero-order valence-electron chi connectivity index (χ0n) is 13.7. The number of benzene rings is 1. The molecule has 0 saturated heterocycles. The first-order valence-corrected chi connectivity index (χ1v) is 7.57. The van der Waals surface area contributed by atoms with Crippen LogP contribution >= 0.6 is 0 Å². The number of rotatable bonds is 8. The highest BCUT2D eigenvalue weighted by Crippen LogP contribution is 2.21. The van der Waals surface area contributed by atoms with Crippen LogP contribution in [-0.4, -0.2) is 25.2 Å². The molecule has 1 N–H and O–H groups in total. The summed E-state index contributed by atoms with van der Waals surface area (Å²) in [4.78, 5) is 12.2. The zero-order valence-corrected chi connectivity index (χ0v) is 13.7. The van der Waals surface area contributed by atoms with Gasteiger partial charge in [-0.25, -0.2) is 0 Å². The van der Waals surface area contributed by atoms with E-state index in [9.17, 15) is 4.79 Å². The predicted octanol–water partition coefficient (Wildman–Crippen LogP) is 3.54. The number of carbonyl (C=O) groups is 1. The average molecular weight is 293 g/mol. The molecule has 1 aromatic carbocycles. The number of ether oxygens (including phenoxy) is 2. The van der Waals surface area contributed by atoms with Crippen molar-refractivity contribution in [3.63, 3.8) is 0 Å². The van der Waals surface area contributed by atoms with E-state index in [0.29, 0.717) is 12.2 Å². The van der Waals surface area contributed by atoms with Crippen molar-refractivity contribution in [1.29, 1.82) is 0 Å². The van der Waals surface area contributed by atoms with Crippen LogP contribution in [0.25, 0.3) is 0 Å². The standard InChI is InChI=1S/C17H27NO3/c1-6-7-13(4)18-17(19)14-8-9-16(20-5)15(10-14)11-21-12(2)3/h8-10,12-13H,6-7,11H2,1-5H3,(H,18,19)/t13-/m0/s1. The van der Waals surface area contributed by atoms with E-state index in [1.54, 1.807) is 13.2 Å². The molecule has 1 atom stereocenters. The maximum Gasteiger partial charge on any atom is 0.251 e. The third-order valence-electron chi connectivity index (χ3n) is 3.21. The Morgan fingerprint density at radius 3 is 2.57 bits per heavy atom. The van der Waals surface area contributed by atoms with Gasteiger partial charge in [0.2, 0.25) is 0 Å². The van der Waals surface area contributed by atoms with Gasteiger partial charge in [0.05, 0.1) is 19.8 Å². The Bertz CT molecular complexity index is 457. The molecule has 0 aromatic heterocycles. The normalized spacial score (nSPS) is 12.3. The Balaban J connectivity index is 2.83. The first kappa shape index (κ1) is 17.5. The highest BCUT2D eigenvalue weighted by atomic mass is 16.5. The largest absolute Gasteiger partial charge is 0.496 e. The molecule has 0 spiro atoms. The van der Waals surface area contributed by atoms with Gasteiger partial charge in [0, 0.05) is 17.2 Å². The summed E-state index contributed by atoms with van der Waals surface area (Å²) in [7, 11) is 1.62. The second-order valence-electron chi connectivity index (χ2n) is 5.55. The fraction of sp³-hybridized carbons (Fsp3) is 0.588. The molecule has 0 fully saturated rings. The average Bonchev–Trinajstić information content (AvgIpc) is 2.44. The highest BCUT2D eigenvalue weighted by molar-refractivity contribution is 5.94. The Morgan fingerprint density at radius 2 is 2.00 bits per heavy atom. The van der Waals surface area contributed by atoms with Gasteiger partial charge in [0.1, 0.15) is 5.75 Å². The van der Waals surface area contributed by atoms with Crippen LogP contribution in [0.1, 0.15) is 56.5 Å². The summed E-state index contributed by atoms with van der Waals surface area (Å²) in [6, 6.07) is 5.62. The molecular weight excluding hydrogens is 266 g/mol. The van der Waals surface area contributed by atoms with Crippen molar-refractivity contribution in [3.8, 4) is 5.75 Å². The van der Waals surface area contributed by atoms with Crippen LogP contribution in [0.4, 0.5) is 0 Å². The second-order valence-corrected chi connectivity index (χ2v) is 5.55. The van der Waals surface area contributed by atoms with Gasteiger partial charge in [0.15, 0.2) is 0 Å². The number of amides is 1. The van der Waals surface area contributed by atoms with Crippen molar-refractivity contribution >= 4 is 5.91 Å². The summed E-state index contributed by atoms with van der Waals surface area (Å²) < 4.78 is 10.9. The summed E-state index contributed by atoms with van der Waals surface area (Å²) >= 11 is 0. The van der Waals surface area contributed by atoms with Gasteiger partial charge in [-0.2, -0.15) is 0 Å². The summed E-state index contributed by atoms with van der Waals surface area (Å²) in [5, 5.41) is 3.01. The topological polar surface area (TPSA) is 47.6 Å². The molecule has 21 heavy (non-hydrogen) atoms. The van der Waals surface area contributed by atoms with Crippen molar-refractivity contribution in [2.75, 3.05) is 7.11 Å². The van der Waals surface area contributed by atoms with Gasteiger partial charge < -0.3 is 14.8 Å². The Morgan fingerprint density at radius 1 is 1.29 bits per heavy atom. The van der Waals surface area contributed by atoms with Crippen LogP contribution in [0.5, 0.6) is 5.75 Å². The number of carbonyl (C=O) groups excluding carboxylic acids is 1. The van der Waals surface area contributed by atoms with Crippen LogP contribution in [0.2, 0.25) is 0 Å². The van der Waals surface area contributed by atoms with E-state index >= 15 is 0 Å². The summed E-state index contributed by atoms with van der Waals surface area (Å²) in [5.74, 6) is 0.693. The molecule has 1 amide bonds. The van der Waals surface area contributed by atoms with E-state index in [-0.39, 0.29) is 18.1 Å². The molecule has 0 saturated carbocycles. The molecule has 118 valence electrons. The minimum atomic E-state index is -0.0515. The molecule has 1 rings (SSSR count). The lowest BCUT2D eigenvalue weighted by atomic mass is 10.1. The van der Waals surface area contributed by atoms with Crippen molar-refractivity contribution in [2.45, 2.75) is 59.3 Å². The molecule has 4 heteroatoms. The first-order chi connectivity index (χ1) is 9.97. The molecule has 0 bridgehead atoms. The maximum atomic E-state index is 12.2. The van der Waals surface area contributed by atoms with Gasteiger partial charge in [-0.15, -0.1) is 0 Å². The second kappa shape index (κ2) is 8.67. The molecule has 0 unspecified atom stereocenters. The molecule has 0 aliphatic rings. The van der Waals surface area contributed by atoms with Crippen molar-refractivity contribution in [1.82, 2.24) is 5.32 Å². The maximum absolute atomic E-state index is 12.2. The van der Waals surface area contributed by atoms with E-state index in [1.165, 1.54) is 0 Å². The van der Waals surface area contributed by atoms with Crippen LogP contribution in [0, 0.1) is 0 Å². The van der Waals surface area contributed by atoms with E-state index < -0.39 is 0 Å². The van der Waals surface area contributed by atoms with Gasteiger partial charge in [-0.05, 0) is 45.4 Å². The fourth-order valence-electron chi connectivity index (χ4n) is 2.10. The smallest absolute Gasteiger partial charge is 0.251 e. The molecular formula is C17H27NO3. The first-order valence-electron chi connectivity index (χ1n) is 7.57. The monoisotopic (exact) mass is 293 g/mol. The van der Waals surface area contributed by atoms with E-state index in [0.717, 1.165) is 24.2 Å². The van der Waals surface area contributed by atoms with E-state index in [1.807, 2.05) is 32.9 Å². The Hall–Kier alpha value is -1.55. The summed E-state index contributed by atoms with van der Waals surface area (Å²) in [6.45, 7) is 8.53. The van der Waals surface area contributed by atoms with Crippen LogP contribution in [0.3, 0.4) is 0 Å². The van der Waals surface area contributed by atoms with Gasteiger partial charge in [-0.1, -0.05) is 13.3 Å². The quantitative estimate of drug-likeness (QED) is 0.797. The molecule has 1 aromatic rings. The van der Waals surface area contributed by atoms with Crippen LogP contribution in [0.15, 0.2) is 18.2 Å². The number of nitrogens with one attached hydrogen (secondary N) is 1. The lowest BCUT2D eigenvalue weighted by Crippen LogP contribution is -2.32. The van der Waals surface area contributed by atoms with Crippen molar-refractivity contribution < 1.29 is 14.3 Å². The van der Waals surface area contributed by atoms with Crippen LogP contribution < -0.4 is 10.1 Å². The summed E-state index contributed by atoms with van der Waals surface area (Å²) in [5.41, 5.74) is 1.53. The molecule has 0 heterocycles. The third kappa shape index (κ3) is 5.76. The highest BCUT2D eigenvalue weighted by Gasteiger charge is 2.12. The Labute approximate surface area is 127 Å². The minimum Gasteiger partial charge on any atom is -0.496 e. The minimum absolute atomic E-state index is 0.0515. The molecule has 0 radical (unpaired) electrons. The number of methoxy groups -OCH3 is 1. The molecule has 0 aliphatic heterocycles. The summed E-state index contributed by atoms with van der Waals surface area (Å²) in [6.07, 6.45) is 2.17. The Kier molecular flexibility index (Phi) is 7.23. The van der Waals surface area contributed by atoms with E-state index in [4.69, 9.17) is 9.47 Å². The number of hydrogen-bond donors (Lipinski definition) is 1. The number of hydrogen-bond acceptors (Lipinski definition) is 3. The lowest BCUT2D eigenvalue weighted by molar-refractivity contribution is 0.0644.